The number of allylic oxidation sites excluding steroid dienone is 3. The summed E-state index contributed by atoms with van der Waals surface area (Å²) in [4.78, 5) is 0. The lowest BCUT2D eigenvalue weighted by atomic mass is 9.97. The van der Waals surface area contributed by atoms with Gasteiger partial charge in [-0.2, -0.15) is 0 Å². The van der Waals surface area contributed by atoms with Gasteiger partial charge in [0.2, 0.25) is 0 Å². The maximum Gasteiger partial charge on any atom is 0.0824 e. The summed E-state index contributed by atoms with van der Waals surface area (Å²) >= 11 is 0. The van der Waals surface area contributed by atoms with Crippen molar-refractivity contribution in [3.05, 3.63) is 47.6 Å². The molecule has 0 aromatic heterocycles. The van der Waals surface area contributed by atoms with E-state index < -0.39 is 17.8 Å². The van der Waals surface area contributed by atoms with Crippen molar-refractivity contribution in [3.8, 4) is 0 Å². The third kappa shape index (κ3) is 12.0. The molecule has 0 saturated carbocycles. The van der Waals surface area contributed by atoms with Crippen LogP contribution in [-0.4, -0.2) is 33.1 Å². The van der Waals surface area contributed by atoms with Crippen molar-refractivity contribution in [1.82, 2.24) is 0 Å². The molecule has 0 aliphatic carbocycles. The molecule has 0 aromatic carbocycles. The molecule has 3 atom stereocenters. The van der Waals surface area contributed by atoms with Gasteiger partial charge in [0, 0.05) is 6.42 Å². The van der Waals surface area contributed by atoms with Gasteiger partial charge in [0.25, 0.3) is 0 Å². The first-order valence-corrected chi connectivity index (χ1v) is 8.26. The first-order chi connectivity index (χ1) is 10.6. The number of hydrogen-bond acceptors (Lipinski definition) is 3. The Kier molecular flexibility index (Phi) is 10.1. The Bertz CT molecular complexity index is 452. The van der Waals surface area contributed by atoms with Crippen molar-refractivity contribution >= 4 is 0 Å². The van der Waals surface area contributed by atoms with Crippen LogP contribution in [0, 0.1) is 0 Å². The summed E-state index contributed by atoms with van der Waals surface area (Å²) in [6.07, 6.45) is 8.77. The molecule has 23 heavy (non-hydrogen) atoms. The quantitative estimate of drug-likeness (QED) is 0.531. The molecule has 0 radical (unpaired) electrons. The van der Waals surface area contributed by atoms with Crippen LogP contribution < -0.4 is 0 Å². The molecule has 132 valence electrons. The maximum absolute atomic E-state index is 9.96. The lowest BCUT2D eigenvalue weighted by molar-refractivity contribution is 0.0574. The van der Waals surface area contributed by atoms with Crippen molar-refractivity contribution in [2.24, 2.45) is 0 Å². The van der Waals surface area contributed by atoms with E-state index in [-0.39, 0.29) is 6.42 Å². The molecule has 0 rings (SSSR count). The average Bonchev–Trinajstić information content (AvgIpc) is 2.36. The predicted molar refractivity (Wildman–Crippen MR) is 98.2 cm³/mol. The van der Waals surface area contributed by atoms with Crippen molar-refractivity contribution in [2.75, 3.05) is 0 Å². The SMILES string of the molecule is C=C[C@](C)(O)C[C@H](O)/C=C(\C)CC/C=C(\C)C[C@@H](O)C=C(C)C. The molecule has 0 spiro atoms. The summed E-state index contributed by atoms with van der Waals surface area (Å²) in [6, 6.07) is 0. The van der Waals surface area contributed by atoms with Gasteiger partial charge < -0.3 is 15.3 Å². The second-order valence-electron chi connectivity index (χ2n) is 6.95. The molecular weight excluding hydrogens is 288 g/mol. The molecule has 0 amide bonds. The second kappa shape index (κ2) is 10.6. The fourth-order valence-corrected chi connectivity index (χ4v) is 2.38. The molecule has 0 heterocycles. The fourth-order valence-electron chi connectivity index (χ4n) is 2.38. The van der Waals surface area contributed by atoms with Crippen molar-refractivity contribution in [2.45, 2.75) is 78.1 Å². The Hall–Kier alpha value is -1.16. The molecular formula is C20H34O3. The van der Waals surface area contributed by atoms with E-state index in [2.05, 4.69) is 12.7 Å². The van der Waals surface area contributed by atoms with Crippen LogP contribution in [0.3, 0.4) is 0 Å². The monoisotopic (exact) mass is 322 g/mol. The van der Waals surface area contributed by atoms with Crippen LogP contribution in [0.1, 0.15) is 60.3 Å². The average molecular weight is 322 g/mol. The van der Waals surface area contributed by atoms with E-state index in [4.69, 9.17) is 0 Å². The van der Waals surface area contributed by atoms with Crippen molar-refractivity contribution < 1.29 is 15.3 Å². The van der Waals surface area contributed by atoms with E-state index in [1.807, 2.05) is 33.8 Å². The summed E-state index contributed by atoms with van der Waals surface area (Å²) < 4.78 is 0. The molecule has 0 aromatic rings. The van der Waals surface area contributed by atoms with Crippen LogP contribution in [0.4, 0.5) is 0 Å². The third-order valence-corrected chi connectivity index (χ3v) is 3.63. The van der Waals surface area contributed by atoms with E-state index in [0.29, 0.717) is 6.42 Å². The zero-order chi connectivity index (χ0) is 18.0. The maximum atomic E-state index is 9.96. The minimum absolute atomic E-state index is 0.248. The first kappa shape index (κ1) is 21.8. The molecule has 3 heteroatoms. The topological polar surface area (TPSA) is 60.7 Å². The van der Waals surface area contributed by atoms with Gasteiger partial charge in [-0.15, -0.1) is 6.58 Å². The highest BCUT2D eigenvalue weighted by atomic mass is 16.3. The molecule has 3 N–H and O–H groups in total. The minimum atomic E-state index is -1.05. The molecule has 0 saturated heterocycles. The summed E-state index contributed by atoms with van der Waals surface area (Å²) in [7, 11) is 0. The third-order valence-electron chi connectivity index (χ3n) is 3.63. The van der Waals surface area contributed by atoms with Crippen LogP contribution in [0.15, 0.2) is 47.6 Å². The zero-order valence-electron chi connectivity index (χ0n) is 15.3. The summed E-state index contributed by atoms with van der Waals surface area (Å²) in [5, 5.41) is 29.7. The van der Waals surface area contributed by atoms with Crippen molar-refractivity contribution in [1.29, 1.82) is 0 Å². The Morgan fingerprint density at radius 1 is 1.04 bits per heavy atom. The summed E-state index contributed by atoms with van der Waals surface area (Å²) in [6.45, 7) is 13.2. The van der Waals surface area contributed by atoms with Crippen molar-refractivity contribution in [3.63, 3.8) is 0 Å². The van der Waals surface area contributed by atoms with Crippen LogP contribution in [0.25, 0.3) is 0 Å². The largest absolute Gasteiger partial charge is 0.389 e. The first-order valence-electron chi connectivity index (χ1n) is 8.26. The standard InChI is InChI=1S/C20H34O3/c1-7-20(6,23)14-19(22)13-17(5)10-8-9-16(4)12-18(21)11-15(2)3/h7,9,11,13,18-19,21-23H,1,8,10,12,14H2,2-6H3/b16-9+,17-13+/t18-,19+,20-/m0/s1. The number of hydrogen-bond donors (Lipinski definition) is 3. The van der Waals surface area contributed by atoms with Crippen LogP contribution in [0.2, 0.25) is 0 Å². The Morgan fingerprint density at radius 3 is 2.17 bits per heavy atom. The fraction of sp³-hybridized carbons (Fsp3) is 0.600. The van der Waals surface area contributed by atoms with E-state index >= 15 is 0 Å². The highest BCUT2D eigenvalue weighted by Gasteiger charge is 2.19. The molecule has 0 bridgehead atoms. The van der Waals surface area contributed by atoms with Gasteiger partial charge in [0.15, 0.2) is 0 Å². The molecule has 0 aliphatic heterocycles. The Morgan fingerprint density at radius 2 is 1.65 bits per heavy atom. The number of aliphatic hydroxyl groups is 3. The van der Waals surface area contributed by atoms with E-state index in [1.54, 1.807) is 13.0 Å². The van der Waals surface area contributed by atoms with E-state index in [1.165, 1.54) is 6.08 Å². The molecule has 0 fully saturated rings. The molecule has 0 aliphatic rings. The summed E-state index contributed by atoms with van der Waals surface area (Å²) in [5.74, 6) is 0. The van der Waals surface area contributed by atoms with Gasteiger partial charge in [-0.25, -0.2) is 0 Å². The van der Waals surface area contributed by atoms with Gasteiger partial charge in [-0.3, -0.25) is 0 Å². The van der Waals surface area contributed by atoms with Gasteiger partial charge in [0.05, 0.1) is 17.8 Å². The Labute approximate surface area is 141 Å². The van der Waals surface area contributed by atoms with Crippen LogP contribution >= 0.6 is 0 Å². The van der Waals surface area contributed by atoms with E-state index in [0.717, 1.165) is 29.6 Å². The lowest BCUT2D eigenvalue weighted by Crippen LogP contribution is -2.26. The van der Waals surface area contributed by atoms with Gasteiger partial charge in [-0.05, 0) is 53.9 Å². The second-order valence-corrected chi connectivity index (χ2v) is 6.95. The smallest absolute Gasteiger partial charge is 0.0824 e. The van der Waals surface area contributed by atoms with E-state index in [9.17, 15) is 15.3 Å². The number of rotatable bonds is 10. The number of aliphatic hydroxyl groups excluding tert-OH is 2. The molecule has 3 nitrogen and oxygen atoms in total. The van der Waals surface area contributed by atoms with Gasteiger partial charge >= 0.3 is 0 Å². The normalized spacial score (nSPS) is 18.1. The van der Waals surface area contributed by atoms with Gasteiger partial charge in [-0.1, -0.05) is 41.0 Å². The highest BCUT2D eigenvalue weighted by molar-refractivity contribution is 5.09. The minimum Gasteiger partial charge on any atom is -0.389 e. The van der Waals surface area contributed by atoms with Crippen LogP contribution in [0.5, 0.6) is 0 Å². The summed E-state index contributed by atoms with van der Waals surface area (Å²) in [5.41, 5.74) is 2.32. The van der Waals surface area contributed by atoms with Crippen LogP contribution in [-0.2, 0) is 0 Å². The molecule has 0 unspecified atom stereocenters. The lowest BCUT2D eigenvalue weighted by Gasteiger charge is -2.20. The zero-order valence-corrected chi connectivity index (χ0v) is 15.3. The predicted octanol–water partition coefficient (Wildman–Crippen LogP) is 4.06. The Balaban J connectivity index is 4.34. The van der Waals surface area contributed by atoms with Gasteiger partial charge in [0.1, 0.15) is 0 Å². The highest BCUT2D eigenvalue weighted by Crippen LogP contribution is 2.17.